The van der Waals surface area contributed by atoms with E-state index in [0.29, 0.717) is 16.9 Å². The van der Waals surface area contributed by atoms with Crippen LogP contribution in [0.2, 0.25) is 0 Å². The number of likely N-dealkylation sites (N-methyl/N-ethyl adjacent to an activating group) is 1. The maximum Gasteiger partial charge on any atom is 0.413 e. The van der Waals surface area contributed by atoms with Gasteiger partial charge < -0.3 is 26.4 Å². The summed E-state index contributed by atoms with van der Waals surface area (Å²) < 4.78 is 5.31. The minimum atomic E-state index is -0.814. The van der Waals surface area contributed by atoms with Gasteiger partial charge in [-0.05, 0) is 59.5 Å². The summed E-state index contributed by atoms with van der Waals surface area (Å²) in [6, 6.07) is 15.4. The van der Waals surface area contributed by atoms with Crippen molar-refractivity contribution in [2.45, 2.75) is 0 Å². The Morgan fingerprint density at radius 1 is 1.07 bits per heavy atom. The number of ether oxygens (including phenoxy) is 1. The third kappa shape index (κ3) is 5.36. The van der Waals surface area contributed by atoms with E-state index >= 15 is 0 Å². The second kappa shape index (κ2) is 9.57. The van der Waals surface area contributed by atoms with Gasteiger partial charge in [-0.3, -0.25) is 9.59 Å². The average Bonchev–Trinajstić information content (AvgIpc) is 3.28. The van der Waals surface area contributed by atoms with Gasteiger partial charge in [-0.25, -0.2) is 4.79 Å². The third-order valence-electron chi connectivity index (χ3n) is 4.08. The van der Waals surface area contributed by atoms with E-state index in [4.69, 9.17) is 10.5 Å². The quantitative estimate of drug-likeness (QED) is 0.453. The van der Waals surface area contributed by atoms with Gasteiger partial charge in [0.2, 0.25) is 5.91 Å². The molecule has 0 aliphatic carbocycles. The zero-order valence-corrected chi connectivity index (χ0v) is 16.9. The summed E-state index contributed by atoms with van der Waals surface area (Å²) in [7, 11) is 1.46. The first-order valence-electron chi connectivity index (χ1n) is 8.97. The van der Waals surface area contributed by atoms with Crippen LogP contribution in [0.3, 0.4) is 0 Å². The molecule has 0 saturated carbocycles. The highest BCUT2D eigenvalue weighted by atomic mass is 32.1. The van der Waals surface area contributed by atoms with E-state index in [-0.39, 0.29) is 24.1 Å². The van der Waals surface area contributed by atoms with Crippen molar-refractivity contribution in [3.63, 3.8) is 0 Å². The van der Waals surface area contributed by atoms with Crippen LogP contribution in [0.1, 0.15) is 10.4 Å². The fraction of sp³-hybridized carbons (Fsp3) is 0.0952. The van der Waals surface area contributed by atoms with Crippen LogP contribution in [0, 0.1) is 0 Å². The number of nitrogens with one attached hydrogen (secondary N) is 3. The lowest BCUT2D eigenvalue weighted by atomic mass is 10.1. The summed E-state index contributed by atoms with van der Waals surface area (Å²) in [4.78, 5) is 37.0. The van der Waals surface area contributed by atoms with Crippen molar-refractivity contribution in [1.29, 1.82) is 0 Å². The lowest BCUT2D eigenvalue weighted by Crippen LogP contribution is -2.36. The number of rotatable bonds is 6. The zero-order valence-electron chi connectivity index (χ0n) is 16.1. The fourth-order valence-electron chi connectivity index (χ4n) is 2.52. The molecule has 3 aromatic rings. The SMILES string of the molecule is CNC(=O)CNC(=O)Oc1ccc(-c2cccs2)cc1NC(=O)c1ccc(N)cc1. The molecule has 0 radical (unpaired) electrons. The molecule has 8 nitrogen and oxygen atoms in total. The second-order valence-electron chi connectivity index (χ2n) is 6.18. The van der Waals surface area contributed by atoms with Gasteiger partial charge in [-0.2, -0.15) is 0 Å². The molecule has 3 rings (SSSR count). The van der Waals surface area contributed by atoms with Crippen LogP contribution in [-0.2, 0) is 4.79 Å². The molecule has 0 aliphatic heterocycles. The number of nitrogen functional groups attached to an aromatic ring is 1. The molecule has 0 spiro atoms. The molecule has 0 fully saturated rings. The van der Waals surface area contributed by atoms with Crippen molar-refractivity contribution in [2.75, 3.05) is 24.6 Å². The van der Waals surface area contributed by atoms with Gasteiger partial charge in [0.15, 0.2) is 5.75 Å². The van der Waals surface area contributed by atoms with Gasteiger partial charge in [0.25, 0.3) is 5.91 Å². The van der Waals surface area contributed by atoms with Crippen molar-refractivity contribution in [2.24, 2.45) is 0 Å². The highest BCUT2D eigenvalue weighted by molar-refractivity contribution is 7.13. The molecule has 1 heterocycles. The largest absolute Gasteiger partial charge is 0.413 e. The van der Waals surface area contributed by atoms with E-state index < -0.39 is 6.09 Å². The van der Waals surface area contributed by atoms with Crippen molar-refractivity contribution in [1.82, 2.24) is 10.6 Å². The molecule has 30 heavy (non-hydrogen) atoms. The molecule has 3 amide bonds. The van der Waals surface area contributed by atoms with Gasteiger partial charge in [0.1, 0.15) is 0 Å². The first kappa shape index (κ1) is 20.9. The van der Waals surface area contributed by atoms with E-state index in [1.54, 1.807) is 53.8 Å². The first-order chi connectivity index (χ1) is 14.5. The predicted molar refractivity (Wildman–Crippen MR) is 117 cm³/mol. The number of carbonyl (C=O) groups excluding carboxylic acids is 3. The summed E-state index contributed by atoms with van der Waals surface area (Å²) in [5.74, 6) is -0.598. The van der Waals surface area contributed by atoms with E-state index in [0.717, 1.165) is 10.4 Å². The van der Waals surface area contributed by atoms with Gasteiger partial charge in [0.05, 0.1) is 12.2 Å². The van der Waals surface area contributed by atoms with E-state index in [2.05, 4.69) is 16.0 Å². The van der Waals surface area contributed by atoms with Gasteiger partial charge in [-0.15, -0.1) is 11.3 Å². The highest BCUT2D eigenvalue weighted by Crippen LogP contribution is 2.33. The number of hydrogen-bond donors (Lipinski definition) is 4. The molecule has 154 valence electrons. The number of hydrogen-bond acceptors (Lipinski definition) is 6. The molecular weight excluding hydrogens is 404 g/mol. The number of thiophene rings is 1. The minimum Gasteiger partial charge on any atom is -0.408 e. The molecule has 0 atom stereocenters. The molecule has 0 aliphatic rings. The standard InChI is InChI=1S/C21H20N4O4S/c1-23-19(26)12-24-21(28)29-17-9-6-14(18-3-2-10-30-18)11-16(17)25-20(27)13-4-7-15(22)8-5-13/h2-11H,12,22H2,1H3,(H,23,26)(H,24,28)(H,25,27). The normalized spacial score (nSPS) is 10.2. The Hall–Kier alpha value is -3.85. The van der Waals surface area contributed by atoms with Crippen LogP contribution in [0.25, 0.3) is 10.4 Å². The van der Waals surface area contributed by atoms with Gasteiger partial charge >= 0.3 is 6.09 Å². The smallest absolute Gasteiger partial charge is 0.408 e. The second-order valence-corrected chi connectivity index (χ2v) is 7.13. The molecule has 1 aromatic heterocycles. The number of benzene rings is 2. The maximum absolute atomic E-state index is 12.7. The Bertz CT molecular complexity index is 1050. The Balaban J connectivity index is 1.84. The maximum atomic E-state index is 12.7. The molecule has 0 unspecified atom stereocenters. The summed E-state index contributed by atoms with van der Waals surface area (Å²) in [5.41, 5.74) is 7.79. The molecule has 0 bridgehead atoms. The Kier molecular flexibility index (Phi) is 6.66. The van der Waals surface area contributed by atoms with Crippen LogP contribution in [0.5, 0.6) is 5.75 Å². The highest BCUT2D eigenvalue weighted by Gasteiger charge is 2.15. The van der Waals surface area contributed by atoms with E-state index in [1.807, 2.05) is 17.5 Å². The van der Waals surface area contributed by atoms with Crippen LogP contribution in [0.4, 0.5) is 16.2 Å². The molecule has 2 aromatic carbocycles. The van der Waals surface area contributed by atoms with Crippen molar-refractivity contribution in [3.05, 3.63) is 65.5 Å². The molecule has 9 heteroatoms. The Labute approximate surface area is 177 Å². The third-order valence-corrected chi connectivity index (χ3v) is 5.00. The van der Waals surface area contributed by atoms with Crippen LogP contribution in [-0.4, -0.2) is 31.5 Å². The number of nitrogens with two attached hydrogens (primary N) is 1. The summed E-state index contributed by atoms with van der Waals surface area (Å²) in [6.45, 7) is -0.226. The first-order valence-corrected chi connectivity index (χ1v) is 9.85. The van der Waals surface area contributed by atoms with Crippen molar-refractivity contribution in [3.8, 4) is 16.2 Å². The summed E-state index contributed by atoms with van der Waals surface area (Å²) in [6.07, 6.45) is -0.814. The van der Waals surface area contributed by atoms with E-state index in [9.17, 15) is 14.4 Å². The topological polar surface area (TPSA) is 123 Å². The van der Waals surface area contributed by atoms with Crippen molar-refractivity contribution < 1.29 is 19.1 Å². The molecule has 5 N–H and O–H groups in total. The summed E-state index contributed by atoms with van der Waals surface area (Å²) in [5, 5.41) is 9.45. The van der Waals surface area contributed by atoms with Gasteiger partial charge in [0, 0.05) is 23.2 Å². The number of carbonyl (C=O) groups is 3. The van der Waals surface area contributed by atoms with Crippen molar-refractivity contribution >= 4 is 40.6 Å². The average molecular weight is 424 g/mol. The zero-order chi connectivity index (χ0) is 21.5. The van der Waals surface area contributed by atoms with E-state index in [1.165, 1.54) is 7.05 Å². The molecular formula is C21H20N4O4S. The molecule has 0 saturated heterocycles. The Morgan fingerprint density at radius 3 is 2.50 bits per heavy atom. The predicted octanol–water partition coefficient (Wildman–Crippen LogP) is 3.08. The lowest BCUT2D eigenvalue weighted by Gasteiger charge is -2.13. The monoisotopic (exact) mass is 424 g/mol. The summed E-state index contributed by atoms with van der Waals surface area (Å²) >= 11 is 1.54. The van der Waals surface area contributed by atoms with Crippen LogP contribution >= 0.6 is 11.3 Å². The lowest BCUT2D eigenvalue weighted by molar-refractivity contribution is -0.119. The minimum absolute atomic E-state index is 0.147. The van der Waals surface area contributed by atoms with Gasteiger partial charge in [-0.1, -0.05) is 6.07 Å². The Morgan fingerprint density at radius 2 is 1.83 bits per heavy atom. The van der Waals surface area contributed by atoms with Crippen LogP contribution in [0.15, 0.2) is 60.0 Å². The fourth-order valence-corrected chi connectivity index (χ4v) is 3.24. The number of amides is 3. The van der Waals surface area contributed by atoms with Crippen LogP contribution < -0.4 is 26.4 Å². The number of anilines is 2.